The summed E-state index contributed by atoms with van der Waals surface area (Å²) in [5, 5.41) is 9.98. The van der Waals surface area contributed by atoms with Gasteiger partial charge < -0.3 is 5.11 Å². The lowest BCUT2D eigenvalue weighted by molar-refractivity contribution is -0.139. The van der Waals surface area contributed by atoms with E-state index in [1.165, 1.54) is 11.8 Å². The summed E-state index contributed by atoms with van der Waals surface area (Å²) in [6, 6.07) is 15.6. The molecule has 0 unspecified atom stereocenters. The van der Waals surface area contributed by atoms with Crippen LogP contribution < -0.4 is 0 Å². The van der Waals surface area contributed by atoms with Crippen LogP contribution in [-0.4, -0.2) is 16.8 Å². The van der Waals surface area contributed by atoms with Crippen LogP contribution in [0.1, 0.15) is 18.1 Å². The molecule has 0 fully saturated rings. The van der Waals surface area contributed by atoms with Crippen molar-refractivity contribution >= 4 is 29.5 Å². The number of hydrogen-bond donors (Lipinski definition) is 1. The van der Waals surface area contributed by atoms with Crippen molar-refractivity contribution in [1.29, 1.82) is 0 Å². The second-order valence-corrected chi connectivity index (χ2v) is 7.08. The van der Waals surface area contributed by atoms with Crippen molar-refractivity contribution in [3.05, 3.63) is 59.7 Å². The van der Waals surface area contributed by atoms with Gasteiger partial charge >= 0.3 is 5.97 Å². The molecule has 102 valence electrons. The van der Waals surface area contributed by atoms with Gasteiger partial charge in [0.2, 0.25) is 0 Å². The summed E-state index contributed by atoms with van der Waals surface area (Å²) in [6.07, 6.45) is 0. The number of fused-ring (bicyclic) bond motifs is 2. The molecule has 20 heavy (non-hydrogen) atoms. The summed E-state index contributed by atoms with van der Waals surface area (Å²) in [4.78, 5) is 14.2. The average molecular weight is 302 g/mol. The van der Waals surface area contributed by atoms with Crippen LogP contribution in [0.15, 0.2) is 58.3 Å². The van der Waals surface area contributed by atoms with Gasteiger partial charge in [0.15, 0.2) is 4.75 Å². The highest BCUT2D eigenvalue weighted by molar-refractivity contribution is 8.02. The molecule has 1 aliphatic heterocycles. The first kappa shape index (κ1) is 13.6. The van der Waals surface area contributed by atoms with Crippen LogP contribution in [0.3, 0.4) is 0 Å². The first-order valence-corrected chi connectivity index (χ1v) is 8.24. The van der Waals surface area contributed by atoms with Gasteiger partial charge in [0.05, 0.1) is 0 Å². The molecule has 0 spiro atoms. The van der Waals surface area contributed by atoms with Crippen LogP contribution in [0, 0.1) is 0 Å². The number of carbonyl (C=O) groups is 1. The third kappa shape index (κ3) is 1.86. The van der Waals surface area contributed by atoms with Gasteiger partial charge in [-0.2, -0.15) is 0 Å². The third-order valence-corrected chi connectivity index (χ3v) is 5.90. The molecule has 4 heteroatoms. The molecule has 0 aliphatic carbocycles. The minimum atomic E-state index is -0.993. The van der Waals surface area contributed by atoms with Crippen molar-refractivity contribution < 1.29 is 9.90 Å². The Bertz CT molecular complexity index is 622. The summed E-state index contributed by atoms with van der Waals surface area (Å²) in [7, 11) is 0. The molecular weight excluding hydrogens is 288 g/mol. The predicted molar refractivity (Wildman–Crippen MR) is 83.6 cm³/mol. The second kappa shape index (κ2) is 5.19. The fraction of sp³-hybridized carbons (Fsp3) is 0.188. The largest absolute Gasteiger partial charge is 0.480 e. The molecule has 0 radical (unpaired) electrons. The third-order valence-electron chi connectivity index (χ3n) is 3.41. The van der Waals surface area contributed by atoms with E-state index in [-0.39, 0.29) is 0 Å². The Morgan fingerprint density at radius 2 is 1.60 bits per heavy atom. The molecule has 1 aliphatic rings. The first-order valence-electron chi connectivity index (χ1n) is 6.44. The Kier molecular flexibility index (Phi) is 3.52. The van der Waals surface area contributed by atoms with Gasteiger partial charge in [0, 0.05) is 9.79 Å². The van der Waals surface area contributed by atoms with Crippen molar-refractivity contribution in [2.75, 3.05) is 5.75 Å². The fourth-order valence-electron chi connectivity index (χ4n) is 2.62. The molecule has 1 heterocycles. The van der Waals surface area contributed by atoms with E-state index in [2.05, 4.69) is 0 Å². The van der Waals surface area contributed by atoms with Crippen LogP contribution >= 0.6 is 23.5 Å². The lowest BCUT2D eigenvalue weighted by Crippen LogP contribution is -2.36. The number of aliphatic carboxylic acids is 1. The summed E-state index contributed by atoms with van der Waals surface area (Å²) in [6.45, 7) is 2.00. The van der Waals surface area contributed by atoms with Gasteiger partial charge in [0.25, 0.3) is 0 Å². The highest BCUT2D eigenvalue weighted by atomic mass is 32.2. The van der Waals surface area contributed by atoms with E-state index in [1.807, 2.05) is 55.5 Å². The van der Waals surface area contributed by atoms with Gasteiger partial charge in [-0.1, -0.05) is 55.1 Å². The number of thioether (sulfide) groups is 1. The SMILES string of the molecule is CCSC1(C(=O)O)c2ccccc2Sc2ccccc21. The van der Waals surface area contributed by atoms with E-state index in [1.54, 1.807) is 11.8 Å². The number of carboxylic acids is 1. The molecule has 3 rings (SSSR count). The quantitative estimate of drug-likeness (QED) is 0.920. The summed E-state index contributed by atoms with van der Waals surface area (Å²) in [5.74, 6) is -0.0378. The minimum Gasteiger partial charge on any atom is -0.480 e. The lowest BCUT2D eigenvalue weighted by Gasteiger charge is -2.36. The van der Waals surface area contributed by atoms with Crippen LogP contribution in [-0.2, 0) is 9.54 Å². The molecule has 2 aromatic rings. The van der Waals surface area contributed by atoms with E-state index < -0.39 is 10.7 Å². The molecule has 0 atom stereocenters. The van der Waals surface area contributed by atoms with E-state index in [9.17, 15) is 9.90 Å². The number of rotatable bonds is 3. The van der Waals surface area contributed by atoms with Crippen LogP contribution in [0.25, 0.3) is 0 Å². The zero-order valence-electron chi connectivity index (χ0n) is 11.0. The Morgan fingerprint density at radius 1 is 1.10 bits per heavy atom. The Hall–Kier alpha value is -1.39. The van der Waals surface area contributed by atoms with Gasteiger partial charge in [0.1, 0.15) is 0 Å². The number of hydrogen-bond acceptors (Lipinski definition) is 3. The van der Waals surface area contributed by atoms with Crippen molar-refractivity contribution in [2.24, 2.45) is 0 Å². The average Bonchev–Trinajstić information content (AvgIpc) is 2.46. The maximum Gasteiger partial charge on any atom is 0.329 e. The lowest BCUT2D eigenvalue weighted by atomic mass is 9.89. The molecule has 2 aromatic carbocycles. The second-order valence-electron chi connectivity index (χ2n) is 4.51. The van der Waals surface area contributed by atoms with Crippen LogP contribution in [0.5, 0.6) is 0 Å². The van der Waals surface area contributed by atoms with Crippen LogP contribution in [0.2, 0.25) is 0 Å². The number of benzene rings is 2. The minimum absolute atomic E-state index is 0.750. The fourth-order valence-corrected chi connectivity index (χ4v) is 5.17. The highest BCUT2D eigenvalue weighted by Gasteiger charge is 2.47. The summed E-state index contributed by atoms with van der Waals surface area (Å²) >= 11 is 3.13. The van der Waals surface area contributed by atoms with Gasteiger partial charge in [-0.15, -0.1) is 11.8 Å². The van der Waals surface area contributed by atoms with Crippen molar-refractivity contribution in [1.82, 2.24) is 0 Å². The molecule has 0 amide bonds. The predicted octanol–water partition coefficient (Wildman–Crippen LogP) is 4.23. The molecule has 0 bridgehead atoms. The normalized spacial score (nSPS) is 15.2. The molecule has 0 aromatic heterocycles. The Morgan fingerprint density at radius 3 is 2.05 bits per heavy atom. The van der Waals surface area contributed by atoms with E-state index in [0.717, 1.165) is 26.7 Å². The zero-order valence-corrected chi connectivity index (χ0v) is 12.6. The molecule has 1 N–H and O–H groups in total. The van der Waals surface area contributed by atoms with Crippen molar-refractivity contribution in [3.63, 3.8) is 0 Å². The topological polar surface area (TPSA) is 37.3 Å². The van der Waals surface area contributed by atoms with E-state index >= 15 is 0 Å². The van der Waals surface area contributed by atoms with Gasteiger partial charge in [-0.05, 0) is 29.0 Å². The van der Waals surface area contributed by atoms with Crippen molar-refractivity contribution in [3.8, 4) is 0 Å². The molecule has 0 saturated heterocycles. The van der Waals surface area contributed by atoms with Gasteiger partial charge in [-0.3, -0.25) is 0 Å². The van der Waals surface area contributed by atoms with E-state index in [4.69, 9.17) is 0 Å². The highest BCUT2D eigenvalue weighted by Crippen LogP contribution is 2.54. The molecule has 2 nitrogen and oxygen atoms in total. The van der Waals surface area contributed by atoms with Gasteiger partial charge in [-0.25, -0.2) is 4.79 Å². The molecular formula is C16H14O2S2. The van der Waals surface area contributed by atoms with Crippen molar-refractivity contribution in [2.45, 2.75) is 21.5 Å². The Balaban J connectivity index is 2.34. The van der Waals surface area contributed by atoms with E-state index in [0.29, 0.717) is 0 Å². The monoisotopic (exact) mass is 302 g/mol. The summed E-state index contributed by atoms with van der Waals surface area (Å²) in [5.41, 5.74) is 1.78. The number of carboxylic acid groups (broad SMARTS) is 1. The first-order chi connectivity index (χ1) is 9.70. The smallest absolute Gasteiger partial charge is 0.329 e. The Labute approximate surface area is 126 Å². The molecule has 0 saturated carbocycles. The van der Waals surface area contributed by atoms with Crippen LogP contribution in [0.4, 0.5) is 0 Å². The summed E-state index contributed by atoms with van der Waals surface area (Å²) < 4.78 is -0.993. The zero-order chi connectivity index (χ0) is 14.2. The maximum absolute atomic E-state index is 12.2. The standard InChI is InChI=1S/C16H14O2S2/c1-2-19-16(15(17)18)11-7-3-5-9-13(11)20-14-10-6-4-8-12(14)16/h3-10H,2H2,1H3,(H,17,18). The maximum atomic E-state index is 12.2.